The maximum absolute atomic E-state index is 13.0. The van der Waals surface area contributed by atoms with Crippen LogP contribution in [0.3, 0.4) is 0 Å². The van der Waals surface area contributed by atoms with Crippen molar-refractivity contribution < 1.29 is 9.90 Å². The normalized spacial score (nSPS) is 27.9. The lowest BCUT2D eigenvalue weighted by Gasteiger charge is -2.47. The molecular formula is C19H24N2O2. The van der Waals surface area contributed by atoms with Gasteiger partial charge in [-0.1, -0.05) is 31.0 Å². The molecule has 1 saturated heterocycles. The molecule has 2 aliphatic rings. The summed E-state index contributed by atoms with van der Waals surface area (Å²) in [7, 11) is 1.95. The third kappa shape index (κ3) is 2.36. The quantitative estimate of drug-likeness (QED) is 0.880. The molecule has 2 fully saturated rings. The van der Waals surface area contributed by atoms with Crippen LogP contribution >= 0.6 is 0 Å². The SMILES string of the molecule is Cn1c(C(=O)N2CC[C@]3(O)CCCC[C@@H]3C2)cc2ccccc21. The second-order valence-corrected chi connectivity index (χ2v) is 7.19. The lowest BCUT2D eigenvalue weighted by molar-refractivity contribution is -0.0887. The molecule has 2 atom stereocenters. The number of hydrogen-bond acceptors (Lipinski definition) is 2. The van der Waals surface area contributed by atoms with E-state index in [1.165, 1.54) is 6.42 Å². The zero-order valence-corrected chi connectivity index (χ0v) is 13.7. The number of aromatic nitrogens is 1. The standard InChI is InChI=1S/C19H24N2O2/c1-20-16-8-3-2-6-14(16)12-17(20)18(22)21-11-10-19(23)9-5-4-7-15(19)13-21/h2-3,6,8,12,15,23H,4-5,7,9-11,13H2,1H3/t15-,19-/m1/s1. The number of rotatable bonds is 1. The van der Waals surface area contributed by atoms with Gasteiger partial charge in [-0.15, -0.1) is 0 Å². The number of likely N-dealkylation sites (tertiary alicyclic amines) is 1. The molecule has 1 aliphatic heterocycles. The number of carbonyl (C=O) groups excluding carboxylic acids is 1. The molecule has 2 heterocycles. The van der Waals surface area contributed by atoms with Gasteiger partial charge in [-0.05, 0) is 31.4 Å². The minimum atomic E-state index is -0.534. The van der Waals surface area contributed by atoms with Gasteiger partial charge in [0.15, 0.2) is 0 Å². The fourth-order valence-corrected chi connectivity index (χ4v) is 4.41. The number of hydrogen-bond donors (Lipinski definition) is 1. The van der Waals surface area contributed by atoms with Crippen LogP contribution in [0.1, 0.15) is 42.6 Å². The largest absolute Gasteiger partial charge is 0.389 e. The molecule has 4 nitrogen and oxygen atoms in total. The fourth-order valence-electron chi connectivity index (χ4n) is 4.41. The Kier molecular flexibility index (Phi) is 3.45. The van der Waals surface area contributed by atoms with E-state index in [0.29, 0.717) is 19.5 Å². The number of carbonyl (C=O) groups is 1. The summed E-state index contributed by atoms with van der Waals surface area (Å²) in [5.74, 6) is 0.333. The first-order valence-corrected chi connectivity index (χ1v) is 8.65. The number of aryl methyl sites for hydroxylation is 1. The van der Waals surface area contributed by atoms with E-state index < -0.39 is 5.60 Å². The lowest BCUT2D eigenvalue weighted by atomic mass is 9.71. The fraction of sp³-hybridized carbons (Fsp3) is 0.526. The van der Waals surface area contributed by atoms with Crippen LogP contribution in [0.4, 0.5) is 0 Å². The van der Waals surface area contributed by atoms with Crippen molar-refractivity contribution in [3.8, 4) is 0 Å². The number of para-hydroxylation sites is 1. The summed E-state index contributed by atoms with van der Waals surface area (Å²) >= 11 is 0. The Hall–Kier alpha value is -1.81. The van der Waals surface area contributed by atoms with Crippen molar-refractivity contribution in [2.75, 3.05) is 13.1 Å². The van der Waals surface area contributed by atoms with Gasteiger partial charge in [0.2, 0.25) is 0 Å². The Labute approximate surface area is 136 Å². The topological polar surface area (TPSA) is 45.5 Å². The van der Waals surface area contributed by atoms with Crippen molar-refractivity contribution in [2.45, 2.75) is 37.7 Å². The van der Waals surface area contributed by atoms with Crippen LogP contribution in [-0.4, -0.2) is 39.2 Å². The Morgan fingerprint density at radius 1 is 1.26 bits per heavy atom. The van der Waals surface area contributed by atoms with Crippen LogP contribution < -0.4 is 0 Å². The summed E-state index contributed by atoms with van der Waals surface area (Å²) in [5, 5.41) is 11.9. The average Bonchev–Trinajstić information content (AvgIpc) is 2.91. The molecule has 1 amide bonds. The number of piperidine rings is 1. The molecule has 0 spiro atoms. The van der Waals surface area contributed by atoms with Crippen molar-refractivity contribution in [2.24, 2.45) is 13.0 Å². The molecule has 1 N–H and O–H groups in total. The molecule has 4 heteroatoms. The van der Waals surface area contributed by atoms with Crippen LogP contribution in [0, 0.1) is 5.92 Å². The maximum atomic E-state index is 13.0. The van der Waals surface area contributed by atoms with Crippen LogP contribution in [0.5, 0.6) is 0 Å². The van der Waals surface area contributed by atoms with Crippen LogP contribution in [0.2, 0.25) is 0 Å². The van der Waals surface area contributed by atoms with Gasteiger partial charge in [0.1, 0.15) is 5.69 Å². The highest BCUT2D eigenvalue weighted by atomic mass is 16.3. The zero-order chi connectivity index (χ0) is 16.0. The highest BCUT2D eigenvalue weighted by molar-refractivity contribution is 5.98. The van der Waals surface area contributed by atoms with E-state index in [9.17, 15) is 9.90 Å². The van der Waals surface area contributed by atoms with E-state index in [1.54, 1.807) is 0 Å². The molecule has 1 aromatic heterocycles. The first kappa shape index (κ1) is 14.8. The highest BCUT2D eigenvalue weighted by Crippen LogP contribution is 2.40. The van der Waals surface area contributed by atoms with Crippen molar-refractivity contribution in [3.63, 3.8) is 0 Å². The van der Waals surface area contributed by atoms with E-state index in [4.69, 9.17) is 0 Å². The molecule has 0 radical (unpaired) electrons. The summed E-state index contributed by atoms with van der Waals surface area (Å²) in [4.78, 5) is 14.9. The van der Waals surface area contributed by atoms with Crippen LogP contribution in [0.15, 0.2) is 30.3 Å². The molecule has 2 aromatic rings. The lowest BCUT2D eigenvalue weighted by Crippen LogP contribution is -2.54. The third-order valence-corrected chi connectivity index (χ3v) is 5.89. The Morgan fingerprint density at radius 2 is 2.09 bits per heavy atom. The predicted molar refractivity (Wildman–Crippen MR) is 90.3 cm³/mol. The minimum Gasteiger partial charge on any atom is -0.389 e. The molecule has 0 unspecified atom stereocenters. The van der Waals surface area contributed by atoms with Gasteiger partial charge < -0.3 is 14.6 Å². The number of benzene rings is 1. The molecule has 1 aliphatic carbocycles. The van der Waals surface area contributed by atoms with Gasteiger partial charge in [-0.25, -0.2) is 0 Å². The number of fused-ring (bicyclic) bond motifs is 2. The van der Waals surface area contributed by atoms with Gasteiger partial charge in [0.05, 0.1) is 5.60 Å². The number of amides is 1. The van der Waals surface area contributed by atoms with E-state index >= 15 is 0 Å². The van der Waals surface area contributed by atoms with Crippen molar-refractivity contribution in [3.05, 3.63) is 36.0 Å². The van der Waals surface area contributed by atoms with Crippen molar-refractivity contribution >= 4 is 16.8 Å². The summed E-state index contributed by atoms with van der Waals surface area (Å²) in [5.41, 5.74) is 1.29. The summed E-state index contributed by atoms with van der Waals surface area (Å²) in [6.07, 6.45) is 4.93. The smallest absolute Gasteiger partial charge is 0.270 e. The molecule has 122 valence electrons. The van der Waals surface area contributed by atoms with Gasteiger partial charge >= 0.3 is 0 Å². The summed E-state index contributed by atoms with van der Waals surface area (Å²) in [6.45, 7) is 1.35. The van der Waals surface area contributed by atoms with Gasteiger partial charge in [0.25, 0.3) is 5.91 Å². The molecule has 0 bridgehead atoms. The van der Waals surface area contributed by atoms with Crippen molar-refractivity contribution in [1.82, 2.24) is 9.47 Å². The van der Waals surface area contributed by atoms with Gasteiger partial charge in [-0.2, -0.15) is 0 Å². The highest BCUT2D eigenvalue weighted by Gasteiger charge is 2.44. The maximum Gasteiger partial charge on any atom is 0.270 e. The Bertz CT molecular complexity index is 751. The second-order valence-electron chi connectivity index (χ2n) is 7.19. The first-order valence-electron chi connectivity index (χ1n) is 8.65. The van der Waals surface area contributed by atoms with E-state index in [1.807, 2.05) is 46.8 Å². The Balaban J connectivity index is 1.60. The average molecular weight is 312 g/mol. The van der Waals surface area contributed by atoms with Crippen LogP contribution in [-0.2, 0) is 7.05 Å². The monoisotopic (exact) mass is 312 g/mol. The van der Waals surface area contributed by atoms with E-state index in [-0.39, 0.29) is 11.8 Å². The number of aliphatic hydroxyl groups is 1. The molecule has 1 saturated carbocycles. The number of nitrogens with zero attached hydrogens (tertiary/aromatic N) is 2. The molecule has 1 aromatic carbocycles. The van der Waals surface area contributed by atoms with E-state index in [2.05, 4.69) is 0 Å². The first-order chi connectivity index (χ1) is 11.1. The minimum absolute atomic E-state index is 0.0938. The predicted octanol–water partition coefficient (Wildman–Crippen LogP) is 2.95. The van der Waals surface area contributed by atoms with Gasteiger partial charge in [0, 0.05) is 37.0 Å². The molecular weight excluding hydrogens is 288 g/mol. The van der Waals surface area contributed by atoms with E-state index in [0.717, 1.165) is 35.9 Å². The van der Waals surface area contributed by atoms with Crippen LogP contribution in [0.25, 0.3) is 10.9 Å². The van der Waals surface area contributed by atoms with Crippen molar-refractivity contribution in [1.29, 1.82) is 0 Å². The second kappa shape index (κ2) is 5.38. The molecule has 23 heavy (non-hydrogen) atoms. The molecule has 4 rings (SSSR count). The third-order valence-electron chi connectivity index (χ3n) is 5.89. The zero-order valence-electron chi connectivity index (χ0n) is 13.7. The van der Waals surface area contributed by atoms with Gasteiger partial charge in [-0.3, -0.25) is 4.79 Å². The summed E-state index contributed by atoms with van der Waals surface area (Å²) < 4.78 is 1.99. The Morgan fingerprint density at radius 3 is 2.91 bits per heavy atom. The summed E-state index contributed by atoms with van der Waals surface area (Å²) in [6, 6.07) is 10.1.